The van der Waals surface area contributed by atoms with Gasteiger partial charge in [0.2, 0.25) is 5.91 Å². The predicted octanol–water partition coefficient (Wildman–Crippen LogP) is 1.92. The van der Waals surface area contributed by atoms with E-state index in [0.717, 1.165) is 38.2 Å². The summed E-state index contributed by atoms with van der Waals surface area (Å²) in [6.45, 7) is 5.40. The lowest BCUT2D eigenvalue weighted by molar-refractivity contribution is -0.135. The molecule has 2 aliphatic heterocycles. The SMILES string of the molecule is O=C(CCN1CCC(Oc2ccc(F)cc2)CC1)N1CCOCC1. The van der Waals surface area contributed by atoms with Crippen molar-refractivity contribution in [1.82, 2.24) is 9.80 Å². The lowest BCUT2D eigenvalue weighted by Gasteiger charge is -2.33. The molecule has 1 aromatic rings. The number of halogens is 1. The molecule has 0 aliphatic carbocycles. The Hall–Kier alpha value is -1.66. The number of likely N-dealkylation sites (tertiary alicyclic amines) is 1. The van der Waals surface area contributed by atoms with Crippen LogP contribution in [0.25, 0.3) is 0 Å². The molecule has 0 aromatic heterocycles. The Morgan fingerprint density at radius 1 is 1.12 bits per heavy atom. The van der Waals surface area contributed by atoms with Crippen molar-refractivity contribution in [3.05, 3.63) is 30.1 Å². The van der Waals surface area contributed by atoms with Crippen molar-refractivity contribution in [1.29, 1.82) is 0 Å². The van der Waals surface area contributed by atoms with E-state index in [1.807, 2.05) is 4.90 Å². The molecule has 1 amide bonds. The zero-order valence-corrected chi connectivity index (χ0v) is 14.0. The normalized spacial score (nSPS) is 20.1. The minimum atomic E-state index is -0.248. The first-order valence-corrected chi connectivity index (χ1v) is 8.71. The van der Waals surface area contributed by atoms with E-state index < -0.39 is 0 Å². The van der Waals surface area contributed by atoms with Gasteiger partial charge in [-0.2, -0.15) is 0 Å². The first-order chi connectivity index (χ1) is 11.7. The number of carbonyl (C=O) groups excluding carboxylic acids is 1. The quantitative estimate of drug-likeness (QED) is 0.824. The van der Waals surface area contributed by atoms with Crippen LogP contribution in [-0.2, 0) is 9.53 Å². The van der Waals surface area contributed by atoms with E-state index in [-0.39, 0.29) is 17.8 Å². The number of hydrogen-bond donors (Lipinski definition) is 0. The molecule has 0 unspecified atom stereocenters. The Kier molecular flexibility index (Phi) is 6.04. The molecule has 3 rings (SSSR count). The third kappa shape index (κ3) is 4.92. The van der Waals surface area contributed by atoms with Gasteiger partial charge in [0.1, 0.15) is 17.7 Å². The molecular weight excluding hydrogens is 311 g/mol. The van der Waals surface area contributed by atoms with E-state index >= 15 is 0 Å². The molecule has 24 heavy (non-hydrogen) atoms. The van der Waals surface area contributed by atoms with Gasteiger partial charge in [-0.25, -0.2) is 4.39 Å². The first-order valence-electron chi connectivity index (χ1n) is 8.71. The largest absolute Gasteiger partial charge is 0.490 e. The van der Waals surface area contributed by atoms with Crippen LogP contribution < -0.4 is 4.74 Å². The molecule has 2 aliphatic rings. The minimum absolute atomic E-state index is 0.168. The van der Waals surface area contributed by atoms with Crippen LogP contribution in [0.1, 0.15) is 19.3 Å². The second kappa shape index (κ2) is 8.44. The summed E-state index contributed by atoms with van der Waals surface area (Å²) >= 11 is 0. The van der Waals surface area contributed by atoms with Gasteiger partial charge < -0.3 is 19.3 Å². The summed E-state index contributed by atoms with van der Waals surface area (Å²) in [6.07, 6.45) is 2.61. The van der Waals surface area contributed by atoms with Crippen LogP contribution in [-0.4, -0.2) is 67.7 Å². The molecule has 2 fully saturated rings. The fraction of sp³-hybridized carbons (Fsp3) is 0.611. The Balaban J connectivity index is 1.35. The molecule has 132 valence electrons. The van der Waals surface area contributed by atoms with Gasteiger partial charge >= 0.3 is 0 Å². The van der Waals surface area contributed by atoms with Crippen LogP contribution in [0, 0.1) is 5.82 Å². The average molecular weight is 336 g/mol. The number of hydrogen-bond acceptors (Lipinski definition) is 4. The smallest absolute Gasteiger partial charge is 0.224 e. The highest BCUT2D eigenvalue weighted by Crippen LogP contribution is 2.19. The minimum Gasteiger partial charge on any atom is -0.490 e. The molecule has 2 saturated heterocycles. The number of morpholine rings is 1. The molecule has 6 heteroatoms. The van der Waals surface area contributed by atoms with Crippen molar-refractivity contribution in [3.8, 4) is 5.75 Å². The van der Waals surface area contributed by atoms with Gasteiger partial charge in [-0.05, 0) is 37.1 Å². The van der Waals surface area contributed by atoms with Crippen LogP contribution in [0.3, 0.4) is 0 Å². The molecule has 0 N–H and O–H groups in total. The van der Waals surface area contributed by atoms with Crippen LogP contribution in [0.4, 0.5) is 4.39 Å². The lowest BCUT2D eigenvalue weighted by atomic mass is 10.1. The molecule has 0 spiro atoms. The van der Waals surface area contributed by atoms with Crippen molar-refractivity contribution in [3.63, 3.8) is 0 Å². The summed E-state index contributed by atoms with van der Waals surface area (Å²) in [5.74, 6) is 0.697. The van der Waals surface area contributed by atoms with Crippen molar-refractivity contribution < 1.29 is 18.7 Å². The molecule has 2 heterocycles. The van der Waals surface area contributed by atoms with E-state index in [0.29, 0.717) is 32.7 Å². The third-order valence-electron chi connectivity index (χ3n) is 4.66. The monoisotopic (exact) mass is 336 g/mol. The number of amides is 1. The van der Waals surface area contributed by atoms with Gasteiger partial charge in [0, 0.05) is 39.1 Å². The maximum Gasteiger partial charge on any atom is 0.224 e. The van der Waals surface area contributed by atoms with Crippen molar-refractivity contribution in [2.45, 2.75) is 25.4 Å². The lowest BCUT2D eigenvalue weighted by Crippen LogP contribution is -2.43. The Morgan fingerprint density at radius 3 is 2.46 bits per heavy atom. The highest BCUT2D eigenvalue weighted by molar-refractivity contribution is 5.76. The first kappa shape index (κ1) is 17.2. The Bertz CT molecular complexity index is 524. The van der Waals surface area contributed by atoms with Crippen molar-refractivity contribution in [2.24, 2.45) is 0 Å². The summed E-state index contributed by atoms with van der Waals surface area (Å²) in [5.41, 5.74) is 0. The molecule has 0 atom stereocenters. The highest BCUT2D eigenvalue weighted by Gasteiger charge is 2.22. The number of carbonyl (C=O) groups is 1. The van der Waals surface area contributed by atoms with E-state index in [2.05, 4.69) is 4.90 Å². The molecule has 0 saturated carbocycles. The van der Waals surface area contributed by atoms with Crippen LogP contribution >= 0.6 is 0 Å². The van der Waals surface area contributed by atoms with Gasteiger partial charge in [0.25, 0.3) is 0 Å². The summed E-state index contributed by atoms with van der Waals surface area (Å²) in [6, 6.07) is 6.18. The summed E-state index contributed by atoms with van der Waals surface area (Å²) < 4.78 is 24.1. The highest BCUT2D eigenvalue weighted by atomic mass is 19.1. The van der Waals surface area contributed by atoms with Gasteiger partial charge in [0.15, 0.2) is 0 Å². The fourth-order valence-electron chi connectivity index (χ4n) is 3.18. The van der Waals surface area contributed by atoms with E-state index in [9.17, 15) is 9.18 Å². The fourth-order valence-corrected chi connectivity index (χ4v) is 3.18. The second-order valence-electron chi connectivity index (χ2n) is 6.36. The number of ether oxygens (including phenoxy) is 2. The number of rotatable bonds is 5. The van der Waals surface area contributed by atoms with Crippen LogP contribution in [0.5, 0.6) is 5.75 Å². The van der Waals surface area contributed by atoms with Gasteiger partial charge in [0.05, 0.1) is 13.2 Å². The van der Waals surface area contributed by atoms with Gasteiger partial charge in [-0.1, -0.05) is 0 Å². The molecular formula is C18H25FN2O3. The zero-order chi connectivity index (χ0) is 16.8. The molecule has 1 aromatic carbocycles. The van der Waals surface area contributed by atoms with Gasteiger partial charge in [-0.15, -0.1) is 0 Å². The zero-order valence-electron chi connectivity index (χ0n) is 14.0. The third-order valence-corrected chi connectivity index (χ3v) is 4.66. The number of benzene rings is 1. The number of nitrogens with zero attached hydrogens (tertiary/aromatic N) is 2. The van der Waals surface area contributed by atoms with E-state index in [1.54, 1.807) is 12.1 Å². The molecule has 0 radical (unpaired) electrons. The second-order valence-corrected chi connectivity index (χ2v) is 6.36. The standard InChI is InChI=1S/C18H25FN2O3/c19-15-1-3-16(4-2-15)24-17-5-8-20(9-6-17)10-7-18(22)21-11-13-23-14-12-21/h1-4,17H,5-14H2. The van der Waals surface area contributed by atoms with E-state index in [4.69, 9.17) is 9.47 Å². The maximum atomic E-state index is 12.9. The Morgan fingerprint density at radius 2 is 1.79 bits per heavy atom. The van der Waals surface area contributed by atoms with Crippen molar-refractivity contribution in [2.75, 3.05) is 45.9 Å². The van der Waals surface area contributed by atoms with Crippen molar-refractivity contribution >= 4 is 5.91 Å². The average Bonchev–Trinajstić information content (AvgIpc) is 2.63. The summed E-state index contributed by atoms with van der Waals surface area (Å²) in [7, 11) is 0. The Labute approximate surface area is 142 Å². The van der Waals surface area contributed by atoms with E-state index in [1.165, 1.54) is 12.1 Å². The predicted molar refractivity (Wildman–Crippen MR) is 88.5 cm³/mol. The number of piperidine rings is 1. The van der Waals surface area contributed by atoms with Gasteiger partial charge in [-0.3, -0.25) is 4.79 Å². The topological polar surface area (TPSA) is 42.0 Å². The molecule has 5 nitrogen and oxygen atoms in total. The van der Waals surface area contributed by atoms with Crippen LogP contribution in [0.2, 0.25) is 0 Å². The summed E-state index contributed by atoms with van der Waals surface area (Å²) in [5, 5.41) is 0. The van der Waals surface area contributed by atoms with Crippen LogP contribution in [0.15, 0.2) is 24.3 Å². The summed E-state index contributed by atoms with van der Waals surface area (Å²) in [4.78, 5) is 16.4. The molecule has 0 bridgehead atoms. The maximum absolute atomic E-state index is 12.9.